The van der Waals surface area contributed by atoms with E-state index in [0.29, 0.717) is 0 Å². The summed E-state index contributed by atoms with van der Waals surface area (Å²) in [6, 6.07) is 0. The molecular weight excluding hydrogens is 196 g/mol. The third-order valence-corrected chi connectivity index (χ3v) is 1.55. The van der Waals surface area contributed by atoms with Gasteiger partial charge in [0.2, 0.25) is 0 Å². The molecule has 1 N–H and O–H groups in total. The molecule has 0 rings (SSSR count). The summed E-state index contributed by atoms with van der Waals surface area (Å²) in [7, 11) is 0. The Kier molecular flexibility index (Phi) is 4.86. The highest BCUT2D eigenvalue weighted by Gasteiger charge is 2.24. The van der Waals surface area contributed by atoms with Gasteiger partial charge in [-0.3, -0.25) is 9.59 Å². The van der Waals surface area contributed by atoms with E-state index in [-0.39, 0.29) is 12.8 Å². The van der Waals surface area contributed by atoms with Gasteiger partial charge >= 0.3 is 11.9 Å². The number of carboxylic acid groups (broad SMARTS) is 1. The van der Waals surface area contributed by atoms with E-state index in [2.05, 4.69) is 5.92 Å². The van der Waals surface area contributed by atoms with Gasteiger partial charge in [0.15, 0.2) is 0 Å². The number of carbonyl (C=O) groups excluding carboxylic acids is 1. The van der Waals surface area contributed by atoms with Gasteiger partial charge in [0, 0.05) is 6.42 Å². The molecule has 15 heavy (non-hydrogen) atoms. The molecule has 1 atom stereocenters. The summed E-state index contributed by atoms with van der Waals surface area (Å²) in [5, 5.41) is 8.75. The van der Waals surface area contributed by atoms with Crippen molar-refractivity contribution < 1.29 is 19.4 Å². The Morgan fingerprint density at radius 2 is 2.00 bits per heavy atom. The van der Waals surface area contributed by atoms with Crippen molar-refractivity contribution in [1.82, 2.24) is 0 Å². The van der Waals surface area contributed by atoms with Crippen LogP contribution in [0, 0.1) is 18.3 Å². The zero-order valence-corrected chi connectivity index (χ0v) is 9.24. The second-order valence-corrected chi connectivity index (χ2v) is 4.23. The van der Waals surface area contributed by atoms with Crippen LogP contribution >= 0.6 is 0 Å². The maximum Gasteiger partial charge on any atom is 0.308 e. The Labute approximate surface area is 89.6 Å². The monoisotopic (exact) mass is 212 g/mol. The van der Waals surface area contributed by atoms with Gasteiger partial charge in [-0.2, -0.15) is 0 Å². The van der Waals surface area contributed by atoms with E-state index in [1.807, 2.05) is 0 Å². The fourth-order valence-corrected chi connectivity index (χ4v) is 0.973. The average Bonchev–Trinajstić information content (AvgIpc) is 1.99. The van der Waals surface area contributed by atoms with Crippen LogP contribution in [0.5, 0.6) is 0 Å². The molecule has 0 fully saturated rings. The Bertz CT molecular complexity index is 280. The lowest BCUT2D eigenvalue weighted by Crippen LogP contribution is -2.27. The first-order valence-corrected chi connectivity index (χ1v) is 4.64. The molecule has 0 aliphatic heterocycles. The van der Waals surface area contributed by atoms with Crippen molar-refractivity contribution in [1.29, 1.82) is 0 Å². The van der Waals surface area contributed by atoms with Gasteiger partial charge in [-0.15, -0.1) is 12.3 Å². The highest BCUT2D eigenvalue weighted by atomic mass is 16.6. The molecule has 84 valence electrons. The van der Waals surface area contributed by atoms with Gasteiger partial charge in [0.25, 0.3) is 0 Å². The van der Waals surface area contributed by atoms with Gasteiger partial charge in [-0.25, -0.2) is 0 Å². The number of ether oxygens (including phenoxy) is 1. The van der Waals surface area contributed by atoms with Crippen LogP contribution in [-0.4, -0.2) is 22.6 Å². The SMILES string of the molecule is C#CC[C@@H](CC(=O)OC(C)(C)C)C(=O)O. The van der Waals surface area contributed by atoms with Crippen LogP contribution in [0.2, 0.25) is 0 Å². The number of carbonyl (C=O) groups is 2. The highest BCUT2D eigenvalue weighted by molar-refractivity contribution is 5.79. The molecule has 0 aliphatic rings. The Balaban J connectivity index is 4.25. The van der Waals surface area contributed by atoms with Crippen molar-refractivity contribution >= 4 is 11.9 Å². The van der Waals surface area contributed by atoms with Gasteiger partial charge < -0.3 is 9.84 Å². The van der Waals surface area contributed by atoms with E-state index < -0.39 is 23.5 Å². The molecule has 0 unspecified atom stereocenters. The van der Waals surface area contributed by atoms with Gasteiger partial charge in [-0.05, 0) is 20.8 Å². The molecule has 0 saturated carbocycles. The van der Waals surface area contributed by atoms with Crippen LogP contribution in [0.25, 0.3) is 0 Å². The minimum absolute atomic E-state index is 0.0363. The van der Waals surface area contributed by atoms with E-state index in [0.717, 1.165) is 0 Å². The summed E-state index contributed by atoms with van der Waals surface area (Å²) >= 11 is 0. The van der Waals surface area contributed by atoms with Crippen molar-refractivity contribution in [2.45, 2.75) is 39.2 Å². The molecule has 0 bridgehead atoms. The lowest BCUT2D eigenvalue weighted by Gasteiger charge is -2.20. The number of rotatable bonds is 4. The molecule has 4 nitrogen and oxygen atoms in total. The average molecular weight is 212 g/mol. The van der Waals surface area contributed by atoms with Crippen LogP contribution in [0.15, 0.2) is 0 Å². The zero-order chi connectivity index (χ0) is 12.1. The van der Waals surface area contributed by atoms with Crippen LogP contribution in [0.4, 0.5) is 0 Å². The number of hydrogen-bond acceptors (Lipinski definition) is 3. The van der Waals surface area contributed by atoms with E-state index in [4.69, 9.17) is 16.3 Å². The van der Waals surface area contributed by atoms with Crippen LogP contribution in [0.1, 0.15) is 33.6 Å². The first-order chi connectivity index (χ1) is 6.76. The van der Waals surface area contributed by atoms with E-state index in [1.165, 1.54) is 0 Å². The summed E-state index contributed by atoms with van der Waals surface area (Å²) in [5.74, 6) is -0.235. The van der Waals surface area contributed by atoms with E-state index in [9.17, 15) is 9.59 Å². The van der Waals surface area contributed by atoms with Crippen LogP contribution in [-0.2, 0) is 14.3 Å². The summed E-state index contributed by atoms with van der Waals surface area (Å²) in [6.07, 6.45) is 4.86. The molecule has 0 spiro atoms. The predicted molar refractivity (Wildman–Crippen MR) is 55.0 cm³/mol. The smallest absolute Gasteiger partial charge is 0.308 e. The van der Waals surface area contributed by atoms with Crippen LogP contribution < -0.4 is 0 Å². The molecule has 0 radical (unpaired) electrons. The summed E-state index contributed by atoms with van der Waals surface area (Å²) < 4.78 is 4.99. The number of hydrogen-bond donors (Lipinski definition) is 1. The van der Waals surface area contributed by atoms with Crippen molar-refractivity contribution in [3.8, 4) is 12.3 Å². The van der Waals surface area contributed by atoms with Gasteiger partial charge in [-0.1, -0.05) is 0 Å². The molecule has 0 aromatic carbocycles. The van der Waals surface area contributed by atoms with Crippen LogP contribution in [0.3, 0.4) is 0 Å². The lowest BCUT2D eigenvalue weighted by molar-refractivity contribution is -0.159. The normalized spacial score (nSPS) is 12.7. The third kappa shape index (κ3) is 6.55. The largest absolute Gasteiger partial charge is 0.481 e. The van der Waals surface area contributed by atoms with Crippen molar-refractivity contribution in [2.75, 3.05) is 0 Å². The second kappa shape index (κ2) is 5.40. The number of carboxylic acids is 1. The molecule has 0 heterocycles. The molecular formula is C11H16O4. The fraction of sp³-hybridized carbons (Fsp3) is 0.636. The Morgan fingerprint density at radius 1 is 1.47 bits per heavy atom. The Hall–Kier alpha value is -1.50. The minimum Gasteiger partial charge on any atom is -0.481 e. The number of aliphatic carboxylic acids is 1. The molecule has 4 heteroatoms. The number of terminal acetylenes is 1. The van der Waals surface area contributed by atoms with Gasteiger partial charge in [0.1, 0.15) is 5.60 Å². The summed E-state index contributed by atoms with van der Waals surface area (Å²) in [5.41, 5.74) is -0.601. The van der Waals surface area contributed by atoms with Gasteiger partial charge in [0.05, 0.1) is 12.3 Å². The molecule has 0 aromatic rings. The maximum atomic E-state index is 11.3. The second-order valence-electron chi connectivity index (χ2n) is 4.23. The summed E-state index contributed by atoms with van der Waals surface area (Å²) in [4.78, 5) is 22.0. The first kappa shape index (κ1) is 13.5. The quantitative estimate of drug-likeness (QED) is 0.565. The standard InChI is InChI=1S/C11H16O4/c1-5-6-8(10(13)14)7-9(12)15-11(2,3)4/h1,8H,6-7H2,2-4H3,(H,13,14)/t8-/m0/s1. The molecule has 0 saturated heterocycles. The fourth-order valence-electron chi connectivity index (χ4n) is 0.973. The molecule has 0 aliphatic carbocycles. The number of esters is 1. The van der Waals surface area contributed by atoms with Crippen molar-refractivity contribution in [3.63, 3.8) is 0 Å². The predicted octanol–water partition coefficient (Wildman–Crippen LogP) is 1.44. The van der Waals surface area contributed by atoms with Crippen molar-refractivity contribution in [2.24, 2.45) is 5.92 Å². The maximum absolute atomic E-state index is 11.3. The Morgan fingerprint density at radius 3 is 2.33 bits per heavy atom. The van der Waals surface area contributed by atoms with Crippen molar-refractivity contribution in [3.05, 3.63) is 0 Å². The lowest BCUT2D eigenvalue weighted by atomic mass is 10.0. The van der Waals surface area contributed by atoms with E-state index >= 15 is 0 Å². The third-order valence-electron chi connectivity index (χ3n) is 1.55. The highest BCUT2D eigenvalue weighted by Crippen LogP contribution is 2.14. The molecule has 0 aromatic heterocycles. The first-order valence-electron chi connectivity index (χ1n) is 4.64. The molecule has 0 amide bonds. The van der Waals surface area contributed by atoms with E-state index in [1.54, 1.807) is 20.8 Å². The summed E-state index contributed by atoms with van der Waals surface area (Å²) in [6.45, 7) is 5.17. The zero-order valence-electron chi connectivity index (χ0n) is 9.24. The minimum atomic E-state index is -1.07. The topological polar surface area (TPSA) is 63.6 Å².